The summed E-state index contributed by atoms with van der Waals surface area (Å²) in [4.78, 5) is 16.8. The molecule has 1 aromatic heterocycles. The lowest BCUT2D eigenvalue weighted by atomic mass is 9.85. The number of nitrogens with zero attached hydrogens (tertiary/aromatic N) is 2. The van der Waals surface area contributed by atoms with Crippen LogP contribution in [-0.2, 0) is 15.1 Å². The molecule has 0 bridgehead atoms. The molecule has 0 radical (unpaired) electrons. The number of hydrogen-bond donors (Lipinski definition) is 1. The number of fused-ring (bicyclic) bond motifs is 1. The summed E-state index contributed by atoms with van der Waals surface area (Å²) in [5, 5.41) is 9.06. The lowest BCUT2D eigenvalue weighted by molar-refractivity contribution is -0.0478. The Morgan fingerprint density at radius 1 is 1.58 bits per heavy atom. The van der Waals surface area contributed by atoms with Crippen molar-refractivity contribution in [2.75, 3.05) is 19.9 Å². The first-order chi connectivity index (χ1) is 9.12. The Balaban J connectivity index is 1.93. The lowest BCUT2D eigenvalue weighted by Crippen LogP contribution is -2.53. The summed E-state index contributed by atoms with van der Waals surface area (Å²) < 4.78 is 12.1. The predicted octanol–water partition coefficient (Wildman–Crippen LogP) is 1.80. The molecule has 2 aliphatic heterocycles. The van der Waals surface area contributed by atoms with Gasteiger partial charge in [0, 0.05) is 13.0 Å². The maximum Gasteiger partial charge on any atom is 0.407 e. The van der Waals surface area contributed by atoms with E-state index in [1.54, 1.807) is 0 Å². The van der Waals surface area contributed by atoms with Crippen molar-refractivity contribution in [1.29, 1.82) is 0 Å². The highest BCUT2D eigenvalue weighted by molar-refractivity contribution is 9.10. The zero-order valence-electron chi connectivity index (χ0n) is 10.1. The fourth-order valence-electron chi connectivity index (χ4n) is 2.66. The third kappa shape index (κ3) is 2.11. The molecule has 1 N–H and O–H groups in total. The number of hydrogen-bond acceptors (Lipinski definition) is 4. The van der Waals surface area contributed by atoms with Crippen LogP contribution in [0.15, 0.2) is 22.8 Å². The van der Waals surface area contributed by atoms with E-state index in [2.05, 4.69) is 20.9 Å². The number of amides is 1. The molecule has 1 amide bonds. The molecule has 3 rings (SSSR count). The van der Waals surface area contributed by atoms with Gasteiger partial charge in [-0.1, -0.05) is 6.07 Å². The molecule has 3 heterocycles. The van der Waals surface area contributed by atoms with Gasteiger partial charge in [0.2, 0.25) is 0 Å². The van der Waals surface area contributed by atoms with Crippen LogP contribution < -0.4 is 0 Å². The van der Waals surface area contributed by atoms with E-state index < -0.39 is 11.7 Å². The molecule has 0 aromatic carbocycles. The standard InChI is InChI=1S/C12H13BrN2O4/c13-10-3-1-2-8(14-10)12-4-5-15(11(16)17)6-9(12)18-7-19-12/h1-3,9H,4-7H2,(H,16,17)/t9-,12?/m1/s1. The first kappa shape index (κ1) is 12.8. The van der Waals surface area contributed by atoms with Crippen molar-refractivity contribution in [1.82, 2.24) is 9.88 Å². The molecule has 1 aromatic rings. The van der Waals surface area contributed by atoms with E-state index in [0.29, 0.717) is 19.5 Å². The molecular weight excluding hydrogens is 316 g/mol. The second kappa shape index (κ2) is 4.73. The maximum atomic E-state index is 11.0. The summed E-state index contributed by atoms with van der Waals surface area (Å²) in [5.41, 5.74) is 0.157. The molecule has 6 nitrogen and oxygen atoms in total. The van der Waals surface area contributed by atoms with Crippen molar-refractivity contribution >= 4 is 22.0 Å². The summed E-state index contributed by atoms with van der Waals surface area (Å²) in [5.74, 6) is 0. The third-order valence-corrected chi connectivity index (χ3v) is 4.11. The first-order valence-corrected chi connectivity index (χ1v) is 6.77. The topological polar surface area (TPSA) is 71.9 Å². The van der Waals surface area contributed by atoms with E-state index in [9.17, 15) is 4.79 Å². The Hall–Kier alpha value is -1.18. The highest BCUT2D eigenvalue weighted by atomic mass is 79.9. The molecule has 2 fully saturated rings. The van der Waals surface area contributed by atoms with Crippen LogP contribution in [0.5, 0.6) is 0 Å². The van der Waals surface area contributed by atoms with Gasteiger partial charge in [-0.15, -0.1) is 0 Å². The predicted molar refractivity (Wildman–Crippen MR) is 68.7 cm³/mol. The van der Waals surface area contributed by atoms with Crippen LogP contribution in [0.2, 0.25) is 0 Å². The van der Waals surface area contributed by atoms with Gasteiger partial charge in [0.15, 0.2) is 0 Å². The van der Waals surface area contributed by atoms with Gasteiger partial charge in [-0.2, -0.15) is 0 Å². The van der Waals surface area contributed by atoms with Gasteiger partial charge in [0.05, 0.1) is 12.2 Å². The van der Waals surface area contributed by atoms with Crippen molar-refractivity contribution in [2.45, 2.75) is 18.1 Å². The zero-order chi connectivity index (χ0) is 13.5. The number of halogens is 1. The number of piperidine rings is 1. The molecule has 0 spiro atoms. The van der Waals surface area contributed by atoms with Crippen molar-refractivity contribution in [3.05, 3.63) is 28.5 Å². The number of pyridine rings is 1. The van der Waals surface area contributed by atoms with E-state index in [1.807, 2.05) is 18.2 Å². The average Bonchev–Trinajstić information content (AvgIpc) is 2.82. The molecule has 7 heteroatoms. The number of rotatable bonds is 1. The van der Waals surface area contributed by atoms with E-state index in [4.69, 9.17) is 14.6 Å². The van der Waals surface area contributed by atoms with Gasteiger partial charge in [-0.05, 0) is 28.1 Å². The maximum absolute atomic E-state index is 11.0. The summed E-state index contributed by atoms with van der Waals surface area (Å²) in [7, 11) is 0. The normalized spacial score (nSPS) is 30.2. The van der Waals surface area contributed by atoms with Crippen LogP contribution in [0.3, 0.4) is 0 Å². The zero-order valence-corrected chi connectivity index (χ0v) is 11.7. The Kier molecular flexibility index (Phi) is 3.20. The second-order valence-corrected chi connectivity index (χ2v) is 5.44. The third-order valence-electron chi connectivity index (χ3n) is 3.66. The van der Waals surface area contributed by atoms with Gasteiger partial charge < -0.3 is 19.5 Å². The monoisotopic (exact) mass is 328 g/mol. The van der Waals surface area contributed by atoms with Crippen LogP contribution in [0.1, 0.15) is 12.1 Å². The van der Waals surface area contributed by atoms with Crippen molar-refractivity contribution in [3.8, 4) is 0 Å². The van der Waals surface area contributed by atoms with Gasteiger partial charge in [0.25, 0.3) is 0 Å². The smallest absolute Gasteiger partial charge is 0.407 e. The minimum Gasteiger partial charge on any atom is -0.465 e. The molecule has 0 aliphatic carbocycles. The highest BCUT2D eigenvalue weighted by Gasteiger charge is 2.52. The summed E-state index contributed by atoms with van der Waals surface area (Å²) in [6, 6.07) is 5.63. The summed E-state index contributed by atoms with van der Waals surface area (Å²) in [6.07, 6.45) is -0.682. The molecule has 1 unspecified atom stereocenters. The number of ether oxygens (including phenoxy) is 2. The number of carboxylic acid groups (broad SMARTS) is 1. The summed E-state index contributed by atoms with van der Waals surface area (Å²) in [6.45, 7) is 0.902. The number of carbonyl (C=O) groups is 1. The van der Waals surface area contributed by atoms with E-state index in [-0.39, 0.29) is 12.9 Å². The van der Waals surface area contributed by atoms with Crippen LogP contribution >= 0.6 is 15.9 Å². The molecule has 2 saturated heterocycles. The van der Waals surface area contributed by atoms with E-state index in [1.165, 1.54) is 4.90 Å². The largest absolute Gasteiger partial charge is 0.465 e. The average molecular weight is 329 g/mol. The van der Waals surface area contributed by atoms with Gasteiger partial charge in [-0.25, -0.2) is 9.78 Å². The lowest BCUT2D eigenvalue weighted by Gasteiger charge is -2.40. The Labute approximate surface area is 118 Å². The van der Waals surface area contributed by atoms with E-state index >= 15 is 0 Å². The molecule has 2 atom stereocenters. The Morgan fingerprint density at radius 2 is 2.42 bits per heavy atom. The van der Waals surface area contributed by atoms with Crippen LogP contribution in [0.4, 0.5) is 4.79 Å². The Morgan fingerprint density at radius 3 is 3.16 bits per heavy atom. The number of aromatic nitrogens is 1. The minimum absolute atomic E-state index is 0.173. The molecule has 2 aliphatic rings. The van der Waals surface area contributed by atoms with Gasteiger partial charge in [0.1, 0.15) is 23.1 Å². The van der Waals surface area contributed by atoms with Crippen LogP contribution in [0.25, 0.3) is 0 Å². The SMILES string of the molecule is O=C(O)N1CCC2(c3cccc(Br)n3)OCO[C@@H]2C1. The van der Waals surface area contributed by atoms with Crippen molar-refractivity contribution in [3.63, 3.8) is 0 Å². The van der Waals surface area contributed by atoms with Gasteiger partial charge >= 0.3 is 6.09 Å². The van der Waals surface area contributed by atoms with Crippen LogP contribution in [0, 0.1) is 0 Å². The van der Waals surface area contributed by atoms with Crippen molar-refractivity contribution in [2.24, 2.45) is 0 Å². The quantitative estimate of drug-likeness (QED) is 0.796. The van der Waals surface area contributed by atoms with Crippen molar-refractivity contribution < 1.29 is 19.4 Å². The minimum atomic E-state index is -0.925. The molecule has 0 saturated carbocycles. The fraction of sp³-hybridized carbons (Fsp3) is 0.500. The first-order valence-electron chi connectivity index (χ1n) is 5.98. The van der Waals surface area contributed by atoms with E-state index in [0.717, 1.165) is 10.3 Å². The number of likely N-dealkylation sites (tertiary alicyclic amines) is 1. The van der Waals surface area contributed by atoms with Crippen LogP contribution in [-0.4, -0.2) is 47.1 Å². The molecule has 102 valence electrons. The highest BCUT2D eigenvalue weighted by Crippen LogP contribution is 2.41. The fourth-order valence-corrected chi connectivity index (χ4v) is 3.00. The second-order valence-electron chi connectivity index (χ2n) is 4.63. The Bertz CT molecular complexity index is 512. The molecular formula is C12H13BrN2O4. The van der Waals surface area contributed by atoms with Gasteiger partial charge in [-0.3, -0.25) is 0 Å². The summed E-state index contributed by atoms with van der Waals surface area (Å²) >= 11 is 3.35. The molecule has 19 heavy (non-hydrogen) atoms.